The summed E-state index contributed by atoms with van der Waals surface area (Å²) in [5, 5.41) is 12.2. The van der Waals surface area contributed by atoms with Crippen molar-refractivity contribution < 1.29 is 4.79 Å². The molecule has 0 radical (unpaired) electrons. The molecule has 2 heterocycles. The van der Waals surface area contributed by atoms with Crippen LogP contribution in [0.15, 0.2) is 29.4 Å². The normalized spacial score (nSPS) is 11.0. The molecule has 3 aromatic rings. The van der Waals surface area contributed by atoms with E-state index in [0.717, 1.165) is 17.3 Å². The Labute approximate surface area is 112 Å². The fourth-order valence-electron chi connectivity index (χ4n) is 1.82. The Morgan fingerprint density at radius 2 is 2.21 bits per heavy atom. The van der Waals surface area contributed by atoms with Gasteiger partial charge < -0.3 is 4.79 Å². The molecule has 0 amide bonds. The minimum atomic E-state index is 0.342. The molecule has 0 spiro atoms. The molecule has 0 unspecified atom stereocenters. The van der Waals surface area contributed by atoms with Gasteiger partial charge in [-0.3, -0.25) is 4.57 Å². The first-order valence-electron chi connectivity index (χ1n) is 5.58. The highest BCUT2D eigenvalue weighted by Gasteiger charge is 2.16. The first-order valence-corrected chi connectivity index (χ1v) is 6.56. The number of imidazole rings is 1. The van der Waals surface area contributed by atoms with Crippen LogP contribution in [0.2, 0.25) is 0 Å². The zero-order chi connectivity index (χ0) is 13.2. The summed E-state index contributed by atoms with van der Waals surface area (Å²) in [5.41, 5.74) is 1.76. The fraction of sp³-hybridized carbons (Fsp3) is 0.182. The van der Waals surface area contributed by atoms with Crippen molar-refractivity contribution in [3.05, 3.63) is 24.3 Å². The van der Waals surface area contributed by atoms with Crippen LogP contribution < -0.4 is 0 Å². The van der Waals surface area contributed by atoms with E-state index in [2.05, 4.69) is 20.5 Å². The van der Waals surface area contributed by atoms with Crippen molar-refractivity contribution in [2.24, 2.45) is 7.05 Å². The minimum absolute atomic E-state index is 0.342. The van der Waals surface area contributed by atoms with Crippen LogP contribution in [0, 0.1) is 0 Å². The number of hydrogen-bond acceptors (Lipinski definition) is 6. The first-order chi connectivity index (χ1) is 9.31. The topological polar surface area (TPSA) is 78.5 Å². The highest BCUT2D eigenvalue weighted by molar-refractivity contribution is 7.99. The summed E-state index contributed by atoms with van der Waals surface area (Å²) in [5.74, 6) is 0.913. The van der Waals surface area contributed by atoms with Crippen LogP contribution in [0.5, 0.6) is 0 Å². The van der Waals surface area contributed by atoms with E-state index in [4.69, 9.17) is 0 Å². The smallest absolute Gasteiger partial charge is 0.256 e. The lowest BCUT2D eigenvalue weighted by atomic mass is 10.3. The molecule has 1 aromatic carbocycles. The number of carbonyl (C=O) groups is 1. The molecule has 7 nitrogen and oxygen atoms in total. The maximum Gasteiger partial charge on any atom is 0.256 e. The highest BCUT2D eigenvalue weighted by atomic mass is 32.2. The number of tetrazole rings is 1. The van der Waals surface area contributed by atoms with Gasteiger partial charge in [-0.25, -0.2) is 9.67 Å². The third kappa shape index (κ3) is 1.99. The van der Waals surface area contributed by atoms with Crippen LogP contribution in [0.25, 0.3) is 17.0 Å². The average molecular weight is 274 g/mol. The van der Waals surface area contributed by atoms with Gasteiger partial charge in [0.05, 0.1) is 16.8 Å². The maximum absolute atomic E-state index is 10.6. The molecule has 0 saturated carbocycles. The van der Waals surface area contributed by atoms with Crippen molar-refractivity contribution in [2.45, 2.75) is 5.16 Å². The summed E-state index contributed by atoms with van der Waals surface area (Å²) in [6.45, 7) is 0. The molecule has 0 aliphatic heterocycles. The van der Waals surface area contributed by atoms with Crippen molar-refractivity contribution in [3.8, 4) is 5.95 Å². The van der Waals surface area contributed by atoms with Gasteiger partial charge in [0.25, 0.3) is 5.95 Å². The summed E-state index contributed by atoms with van der Waals surface area (Å²) >= 11 is 1.35. The van der Waals surface area contributed by atoms with Gasteiger partial charge in [0.1, 0.15) is 6.29 Å². The Bertz CT molecular complexity index is 734. The molecule has 0 aliphatic rings. The highest BCUT2D eigenvalue weighted by Crippen LogP contribution is 2.26. The number of aldehydes is 1. The molecule has 0 bridgehead atoms. The molecular formula is C11H10N6OS. The summed E-state index contributed by atoms with van der Waals surface area (Å²) < 4.78 is 3.42. The predicted molar refractivity (Wildman–Crippen MR) is 70.2 cm³/mol. The van der Waals surface area contributed by atoms with E-state index in [1.54, 1.807) is 11.7 Å². The first kappa shape index (κ1) is 11.8. The van der Waals surface area contributed by atoms with E-state index in [0.29, 0.717) is 16.9 Å². The van der Waals surface area contributed by atoms with Crippen LogP contribution in [-0.4, -0.2) is 41.8 Å². The molecule has 0 N–H and O–H groups in total. The number of para-hydroxylation sites is 2. The van der Waals surface area contributed by atoms with Gasteiger partial charge in [-0.15, -0.1) is 0 Å². The number of aromatic nitrogens is 6. The number of nitrogens with zero attached hydrogens (tertiary/aromatic N) is 6. The van der Waals surface area contributed by atoms with Gasteiger partial charge in [-0.2, -0.15) is 0 Å². The summed E-state index contributed by atoms with van der Waals surface area (Å²) in [6, 6.07) is 7.71. The largest absolute Gasteiger partial charge is 0.302 e. The van der Waals surface area contributed by atoms with E-state index in [-0.39, 0.29) is 0 Å². The fourth-order valence-corrected chi connectivity index (χ4v) is 2.51. The van der Waals surface area contributed by atoms with Crippen LogP contribution in [-0.2, 0) is 11.8 Å². The van der Waals surface area contributed by atoms with E-state index in [1.807, 2.05) is 28.8 Å². The van der Waals surface area contributed by atoms with Crippen LogP contribution >= 0.6 is 11.8 Å². The van der Waals surface area contributed by atoms with E-state index in [1.165, 1.54) is 11.8 Å². The molecular weight excluding hydrogens is 264 g/mol. The monoisotopic (exact) mass is 274 g/mol. The SMILES string of the molecule is Cn1nnnc1-n1c(SCC=O)nc2ccccc21. The zero-order valence-electron chi connectivity index (χ0n) is 10.1. The van der Waals surface area contributed by atoms with Gasteiger partial charge in [0, 0.05) is 7.05 Å². The van der Waals surface area contributed by atoms with Crippen molar-refractivity contribution in [3.63, 3.8) is 0 Å². The standard InChI is InChI=1S/C11H10N6OS/c1-16-10(13-14-15-16)17-9-5-3-2-4-8(9)12-11(17)19-7-6-18/h2-6H,7H2,1H3. The van der Waals surface area contributed by atoms with Gasteiger partial charge >= 0.3 is 0 Å². The Morgan fingerprint density at radius 3 is 2.95 bits per heavy atom. The zero-order valence-corrected chi connectivity index (χ0v) is 10.9. The molecule has 2 aromatic heterocycles. The second-order valence-electron chi connectivity index (χ2n) is 3.80. The third-order valence-electron chi connectivity index (χ3n) is 2.61. The van der Waals surface area contributed by atoms with Gasteiger partial charge in [-0.05, 0) is 22.6 Å². The average Bonchev–Trinajstić information content (AvgIpc) is 2.99. The van der Waals surface area contributed by atoms with Crippen LogP contribution in [0.4, 0.5) is 0 Å². The van der Waals surface area contributed by atoms with Gasteiger partial charge in [0.2, 0.25) is 0 Å². The number of thioether (sulfide) groups is 1. The minimum Gasteiger partial charge on any atom is -0.302 e. The molecule has 8 heteroatoms. The molecule has 0 saturated heterocycles. The Morgan fingerprint density at radius 1 is 1.37 bits per heavy atom. The molecule has 0 fully saturated rings. The Balaban J connectivity index is 2.24. The molecule has 0 aliphatic carbocycles. The number of rotatable bonds is 4. The molecule has 0 atom stereocenters. The lowest BCUT2D eigenvalue weighted by Crippen LogP contribution is -2.05. The number of hydrogen-bond donors (Lipinski definition) is 0. The van der Waals surface area contributed by atoms with Gasteiger partial charge in [0.15, 0.2) is 5.16 Å². The maximum atomic E-state index is 10.6. The van der Waals surface area contributed by atoms with E-state index >= 15 is 0 Å². The summed E-state index contributed by atoms with van der Waals surface area (Å²) in [6.07, 6.45) is 0.850. The Hall–Kier alpha value is -2.22. The van der Waals surface area contributed by atoms with Crippen molar-refractivity contribution in [1.29, 1.82) is 0 Å². The Kier molecular flexibility index (Phi) is 3.00. The van der Waals surface area contributed by atoms with Crippen LogP contribution in [0.3, 0.4) is 0 Å². The summed E-state index contributed by atoms with van der Waals surface area (Å²) in [7, 11) is 1.76. The lowest BCUT2D eigenvalue weighted by Gasteiger charge is -2.04. The van der Waals surface area contributed by atoms with Gasteiger partial charge in [-0.1, -0.05) is 29.0 Å². The molecule has 96 valence electrons. The number of fused-ring (bicyclic) bond motifs is 1. The molecule has 19 heavy (non-hydrogen) atoms. The van der Waals surface area contributed by atoms with Crippen molar-refractivity contribution in [1.82, 2.24) is 29.8 Å². The quantitative estimate of drug-likeness (QED) is 0.518. The van der Waals surface area contributed by atoms with E-state index < -0.39 is 0 Å². The lowest BCUT2D eigenvalue weighted by molar-refractivity contribution is -0.105. The predicted octanol–water partition coefficient (Wildman–Crippen LogP) is 0.840. The number of carbonyl (C=O) groups excluding carboxylic acids is 1. The third-order valence-corrected chi connectivity index (χ3v) is 3.44. The van der Waals surface area contributed by atoms with Crippen LogP contribution in [0.1, 0.15) is 0 Å². The second kappa shape index (κ2) is 4.81. The van der Waals surface area contributed by atoms with Crippen molar-refractivity contribution >= 4 is 29.1 Å². The number of aryl methyl sites for hydroxylation is 1. The summed E-state index contributed by atoms with van der Waals surface area (Å²) in [4.78, 5) is 15.1. The molecule has 3 rings (SSSR count). The van der Waals surface area contributed by atoms with Crippen molar-refractivity contribution in [2.75, 3.05) is 5.75 Å². The second-order valence-corrected chi connectivity index (χ2v) is 4.79. The number of benzene rings is 1. The van der Waals surface area contributed by atoms with E-state index in [9.17, 15) is 4.79 Å².